The van der Waals surface area contributed by atoms with Crippen molar-refractivity contribution in [3.63, 3.8) is 0 Å². The molecule has 2 aromatic heterocycles. The number of benzene rings is 2. The molecule has 0 unspecified atom stereocenters. The molecular weight excluding hydrogens is 430 g/mol. The van der Waals surface area contributed by atoms with E-state index in [2.05, 4.69) is 20.5 Å². The van der Waals surface area contributed by atoms with Crippen LogP contribution in [0.2, 0.25) is 0 Å². The number of hydrogen-bond acceptors (Lipinski definition) is 6. The second kappa shape index (κ2) is 7.72. The molecule has 10 heteroatoms. The first-order chi connectivity index (χ1) is 16.1. The Bertz CT molecular complexity index is 1350. The number of amides is 1. The zero-order valence-electron chi connectivity index (χ0n) is 17.6. The van der Waals surface area contributed by atoms with Crippen LogP contribution in [0.3, 0.4) is 0 Å². The topological polar surface area (TPSA) is 89.9 Å². The van der Waals surface area contributed by atoms with Crippen molar-refractivity contribution in [3.8, 4) is 11.5 Å². The molecule has 0 spiro atoms. The number of hydrogen-bond donors (Lipinski definition) is 0. The SMILES string of the molecule is O=C1c2cc(-c3nnc(C(F)F)o3)ccc2CN1[C@@H]1CCCC[C@H]1n1nnc2ccccc21. The van der Waals surface area contributed by atoms with Crippen LogP contribution >= 0.6 is 0 Å². The van der Waals surface area contributed by atoms with Gasteiger partial charge in [0.25, 0.3) is 11.8 Å². The van der Waals surface area contributed by atoms with E-state index in [1.807, 2.05) is 39.9 Å². The Labute approximate surface area is 187 Å². The Morgan fingerprint density at radius 2 is 1.82 bits per heavy atom. The molecule has 0 N–H and O–H groups in total. The molecular formula is C23H20F2N6O2. The van der Waals surface area contributed by atoms with Gasteiger partial charge < -0.3 is 9.32 Å². The summed E-state index contributed by atoms with van der Waals surface area (Å²) in [5, 5.41) is 15.8. The van der Waals surface area contributed by atoms with E-state index in [0.29, 0.717) is 17.7 Å². The van der Waals surface area contributed by atoms with E-state index in [9.17, 15) is 13.6 Å². The van der Waals surface area contributed by atoms with Crippen molar-refractivity contribution >= 4 is 16.9 Å². The molecule has 33 heavy (non-hydrogen) atoms. The van der Waals surface area contributed by atoms with Gasteiger partial charge in [0.1, 0.15) is 5.52 Å². The number of alkyl halides is 2. The smallest absolute Gasteiger partial charge is 0.314 e. The highest BCUT2D eigenvalue weighted by molar-refractivity contribution is 5.99. The Morgan fingerprint density at radius 3 is 2.64 bits per heavy atom. The zero-order chi connectivity index (χ0) is 22.5. The third-order valence-corrected chi connectivity index (χ3v) is 6.60. The lowest BCUT2D eigenvalue weighted by molar-refractivity contribution is 0.0561. The van der Waals surface area contributed by atoms with Gasteiger partial charge in [-0.2, -0.15) is 8.78 Å². The van der Waals surface area contributed by atoms with Gasteiger partial charge >= 0.3 is 6.43 Å². The molecule has 1 amide bonds. The van der Waals surface area contributed by atoms with Gasteiger partial charge in [0.15, 0.2) is 0 Å². The number of nitrogens with zero attached hydrogens (tertiary/aromatic N) is 6. The van der Waals surface area contributed by atoms with Crippen molar-refractivity contribution in [1.82, 2.24) is 30.1 Å². The lowest BCUT2D eigenvalue weighted by Crippen LogP contribution is -2.43. The summed E-state index contributed by atoms with van der Waals surface area (Å²) in [6, 6.07) is 13.1. The van der Waals surface area contributed by atoms with Crippen LogP contribution in [0.5, 0.6) is 0 Å². The monoisotopic (exact) mass is 450 g/mol. The van der Waals surface area contributed by atoms with E-state index in [1.54, 1.807) is 12.1 Å². The van der Waals surface area contributed by atoms with Crippen molar-refractivity contribution < 1.29 is 18.0 Å². The van der Waals surface area contributed by atoms with Crippen LogP contribution in [0, 0.1) is 0 Å². The number of rotatable bonds is 4. The second-order valence-corrected chi connectivity index (χ2v) is 8.49. The normalized spacial score (nSPS) is 20.7. The highest BCUT2D eigenvalue weighted by Crippen LogP contribution is 2.38. The van der Waals surface area contributed by atoms with Crippen molar-refractivity contribution in [3.05, 3.63) is 59.5 Å². The molecule has 0 radical (unpaired) electrons. The molecule has 0 saturated heterocycles. The minimum atomic E-state index is -2.84. The number of fused-ring (bicyclic) bond motifs is 2. The molecule has 168 valence electrons. The van der Waals surface area contributed by atoms with Gasteiger partial charge in [0.05, 0.1) is 17.6 Å². The third-order valence-electron chi connectivity index (χ3n) is 6.60. The van der Waals surface area contributed by atoms with Crippen molar-refractivity contribution in [2.24, 2.45) is 0 Å². The summed E-state index contributed by atoms with van der Waals surface area (Å²) in [6.45, 7) is 0.494. The quantitative estimate of drug-likeness (QED) is 0.453. The van der Waals surface area contributed by atoms with Crippen LogP contribution in [-0.4, -0.2) is 42.0 Å². The number of carbonyl (C=O) groups excluding carboxylic acids is 1. The van der Waals surface area contributed by atoms with E-state index in [1.165, 1.54) is 0 Å². The summed E-state index contributed by atoms with van der Waals surface area (Å²) in [4.78, 5) is 15.4. The largest absolute Gasteiger partial charge is 0.415 e. The molecule has 8 nitrogen and oxygen atoms in total. The molecule has 0 bridgehead atoms. The molecule has 2 atom stereocenters. The van der Waals surface area contributed by atoms with E-state index in [4.69, 9.17) is 4.42 Å². The Kier molecular flexibility index (Phi) is 4.67. The van der Waals surface area contributed by atoms with Crippen molar-refractivity contribution in [2.45, 2.75) is 50.7 Å². The van der Waals surface area contributed by atoms with E-state index >= 15 is 0 Å². The average molecular weight is 450 g/mol. The summed E-state index contributed by atoms with van der Waals surface area (Å²) in [5.74, 6) is -0.839. The highest BCUT2D eigenvalue weighted by atomic mass is 19.3. The van der Waals surface area contributed by atoms with E-state index in [-0.39, 0.29) is 23.9 Å². The molecule has 2 aromatic carbocycles. The first-order valence-electron chi connectivity index (χ1n) is 11.0. The fraction of sp³-hybridized carbons (Fsp3) is 0.348. The van der Waals surface area contributed by atoms with Gasteiger partial charge in [0.2, 0.25) is 5.89 Å². The van der Waals surface area contributed by atoms with Crippen LogP contribution in [0.25, 0.3) is 22.5 Å². The highest BCUT2D eigenvalue weighted by Gasteiger charge is 2.39. The Balaban J connectivity index is 1.31. The van der Waals surface area contributed by atoms with Crippen LogP contribution in [0.4, 0.5) is 8.78 Å². The maximum Gasteiger partial charge on any atom is 0.314 e. The van der Waals surface area contributed by atoms with Gasteiger partial charge in [-0.25, -0.2) is 4.68 Å². The molecule has 4 aromatic rings. The average Bonchev–Trinajstić information content (AvgIpc) is 3.56. The molecule has 1 aliphatic carbocycles. The number of halogens is 2. The van der Waals surface area contributed by atoms with Crippen LogP contribution in [0.1, 0.15) is 60.0 Å². The van der Waals surface area contributed by atoms with E-state index < -0.39 is 12.3 Å². The molecule has 1 saturated carbocycles. The number of aromatic nitrogens is 5. The summed E-state index contributed by atoms with van der Waals surface area (Å²) in [7, 11) is 0. The summed E-state index contributed by atoms with van der Waals surface area (Å²) < 4.78 is 32.7. The molecule has 3 heterocycles. The minimum Gasteiger partial charge on any atom is -0.415 e. The molecule has 6 rings (SSSR count). The van der Waals surface area contributed by atoms with Crippen molar-refractivity contribution in [1.29, 1.82) is 0 Å². The van der Waals surface area contributed by atoms with Crippen LogP contribution < -0.4 is 0 Å². The van der Waals surface area contributed by atoms with E-state index in [0.717, 1.165) is 42.3 Å². The Morgan fingerprint density at radius 1 is 1.00 bits per heavy atom. The molecule has 1 aliphatic heterocycles. The predicted molar refractivity (Wildman–Crippen MR) is 113 cm³/mol. The second-order valence-electron chi connectivity index (χ2n) is 8.49. The summed E-state index contributed by atoms with van der Waals surface area (Å²) in [6.07, 6.45) is 1.07. The zero-order valence-corrected chi connectivity index (χ0v) is 17.6. The summed E-state index contributed by atoms with van der Waals surface area (Å²) >= 11 is 0. The third kappa shape index (κ3) is 3.28. The lowest BCUT2D eigenvalue weighted by atomic mass is 9.89. The first kappa shape index (κ1) is 20.0. The fourth-order valence-corrected chi connectivity index (χ4v) is 5.04. The fourth-order valence-electron chi connectivity index (χ4n) is 5.04. The maximum atomic E-state index is 13.5. The molecule has 1 fully saturated rings. The van der Waals surface area contributed by atoms with Gasteiger partial charge in [-0.15, -0.1) is 15.3 Å². The van der Waals surface area contributed by atoms with Gasteiger partial charge in [0, 0.05) is 17.7 Å². The summed E-state index contributed by atoms with van der Waals surface area (Å²) in [5.41, 5.74) is 3.69. The van der Waals surface area contributed by atoms with Gasteiger partial charge in [-0.3, -0.25) is 4.79 Å². The predicted octanol–water partition coefficient (Wildman–Crippen LogP) is 4.56. The number of para-hydroxylation sites is 1. The van der Waals surface area contributed by atoms with Gasteiger partial charge in [-0.05, 0) is 42.7 Å². The maximum absolute atomic E-state index is 13.5. The lowest BCUT2D eigenvalue weighted by Gasteiger charge is -2.38. The number of carbonyl (C=O) groups is 1. The first-order valence-corrected chi connectivity index (χ1v) is 11.0. The molecule has 2 aliphatic rings. The van der Waals surface area contributed by atoms with Gasteiger partial charge in [-0.1, -0.05) is 36.3 Å². The standard InChI is InChI=1S/C23H20F2N6O2/c24-20(25)22-28-27-21(33-22)13-9-10-14-12-30(23(32)15(14)11-13)18-7-3-4-8-19(18)31-17-6-2-1-5-16(17)26-29-31/h1-2,5-6,9-11,18-20H,3-4,7-8,12H2/t18-,19-/m1/s1. The van der Waals surface area contributed by atoms with Crippen LogP contribution in [0.15, 0.2) is 46.9 Å². The minimum absolute atomic E-state index is 0.0129. The van der Waals surface area contributed by atoms with Crippen LogP contribution in [-0.2, 0) is 6.54 Å². The van der Waals surface area contributed by atoms with Crippen molar-refractivity contribution in [2.75, 3.05) is 0 Å². The Hall–Kier alpha value is -3.69.